The van der Waals surface area contributed by atoms with Crippen LogP contribution in [0.1, 0.15) is 24.0 Å². The zero-order valence-corrected chi connectivity index (χ0v) is 12.7. The quantitative estimate of drug-likeness (QED) is 0.794. The molecule has 0 saturated carbocycles. The van der Waals surface area contributed by atoms with E-state index in [0.29, 0.717) is 13.0 Å². The number of nitrogens with zero attached hydrogens (tertiary/aromatic N) is 1. The molecule has 1 atom stereocenters. The summed E-state index contributed by atoms with van der Waals surface area (Å²) in [4.78, 5) is 25.5. The first-order valence-electron chi connectivity index (χ1n) is 7.11. The Hall–Kier alpha value is -2.04. The molecule has 0 aromatic heterocycles. The number of carbonyl (C=O) groups is 2. The van der Waals surface area contributed by atoms with Gasteiger partial charge < -0.3 is 14.4 Å². The lowest BCUT2D eigenvalue weighted by Gasteiger charge is -2.23. The number of carbonyl (C=O) groups excluding carboxylic acids is 2. The topological polar surface area (TPSA) is 55.8 Å². The highest BCUT2D eigenvalue weighted by Gasteiger charge is 2.34. The van der Waals surface area contributed by atoms with E-state index in [2.05, 4.69) is 0 Å². The van der Waals surface area contributed by atoms with E-state index in [0.717, 1.165) is 23.3 Å². The smallest absolute Gasteiger partial charge is 0.328 e. The zero-order valence-electron chi connectivity index (χ0n) is 12.7. The summed E-state index contributed by atoms with van der Waals surface area (Å²) in [5.74, 6) is 0.207. The number of amides is 1. The summed E-state index contributed by atoms with van der Waals surface area (Å²) in [5.41, 5.74) is 1.99. The molecule has 0 N–H and O–H groups in total. The molecule has 0 radical (unpaired) electrons. The van der Waals surface area contributed by atoms with E-state index < -0.39 is 6.04 Å². The molecule has 0 spiro atoms. The Balaban J connectivity index is 2.00. The van der Waals surface area contributed by atoms with Crippen molar-refractivity contribution in [1.29, 1.82) is 0 Å². The van der Waals surface area contributed by atoms with Crippen LogP contribution < -0.4 is 4.74 Å². The van der Waals surface area contributed by atoms with E-state index in [1.807, 2.05) is 32.0 Å². The molecule has 1 fully saturated rings. The first-order valence-corrected chi connectivity index (χ1v) is 7.11. The van der Waals surface area contributed by atoms with Crippen molar-refractivity contribution >= 4 is 11.9 Å². The average Bonchev–Trinajstić information content (AvgIpc) is 2.95. The fourth-order valence-corrected chi connectivity index (χ4v) is 2.69. The number of hydrogen-bond acceptors (Lipinski definition) is 4. The highest BCUT2D eigenvalue weighted by atomic mass is 16.5. The van der Waals surface area contributed by atoms with E-state index in [1.165, 1.54) is 7.11 Å². The zero-order chi connectivity index (χ0) is 15.4. The van der Waals surface area contributed by atoms with Gasteiger partial charge in [-0.25, -0.2) is 4.79 Å². The molecule has 114 valence electrons. The number of rotatable bonds is 4. The molecule has 21 heavy (non-hydrogen) atoms. The number of methoxy groups -OCH3 is 1. The van der Waals surface area contributed by atoms with Gasteiger partial charge in [-0.3, -0.25) is 4.79 Å². The molecule has 1 aliphatic heterocycles. The third-order valence-corrected chi connectivity index (χ3v) is 3.80. The normalized spacial score (nSPS) is 17.7. The van der Waals surface area contributed by atoms with Crippen molar-refractivity contribution in [2.75, 3.05) is 20.3 Å². The van der Waals surface area contributed by atoms with Crippen molar-refractivity contribution in [3.8, 4) is 5.75 Å². The number of aryl methyl sites for hydroxylation is 2. The van der Waals surface area contributed by atoms with Crippen LogP contribution in [0.4, 0.5) is 0 Å². The Morgan fingerprint density at radius 3 is 2.57 bits per heavy atom. The van der Waals surface area contributed by atoms with Gasteiger partial charge in [0.05, 0.1) is 7.11 Å². The van der Waals surface area contributed by atoms with Gasteiger partial charge in [-0.15, -0.1) is 0 Å². The average molecular weight is 291 g/mol. The van der Waals surface area contributed by atoms with Crippen LogP contribution in [-0.2, 0) is 14.3 Å². The maximum atomic E-state index is 12.3. The summed E-state index contributed by atoms with van der Waals surface area (Å²) in [5, 5.41) is 0. The maximum absolute atomic E-state index is 12.3. The highest BCUT2D eigenvalue weighted by molar-refractivity contribution is 5.86. The maximum Gasteiger partial charge on any atom is 0.328 e. The fraction of sp³-hybridized carbons (Fsp3) is 0.500. The molecule has 1 amide bonds. The van der Waals surface area contributed by atoms with Crippen LogP contribution in [0.3, 0.4) is 0 Å². The van der Waals surface area contributed by atoms with Crippen LogP contribution in [0.15, 0.2) is 18.2 Å². The molecule has 1 unspecified atom stereocenters. The summed E-state index contributed by atoms with van der Waals surface area (Å²) in [7, 11) is 1.34. The van der Waals surface area contributed by atoms with Gasteiger partial charge in [0.1, 0.15) is 11.8 Å². The van der Waals surface area contributed by atoms with Crippen molar-refractivity contribution in [1.82, 2.24) is 4.90 Å². The Morgan fingerprint density at radius 1 is 1.29 bits per heavy atom. The third kappa shape index (κ3) is 3.35. The Labute approximate surface area is 124 Å². The molecule has 1 saturated heterocycles. The van der Waals surface area contributed by atoms with Gasteiger partial charge in [-0.2, -0.15) is 0 Å². The van der Waals surface area contributed by atoms with Gasteiger partial charge >= 0.3 is 5.97 Å². The molecule has 1 heterocycles. The molecule has 1 aliphatic rings. The van der Waals surface area contributed by atoms with E-state index in [9.17, 15) is 9.59 Å². The monoisotopic (exact) mass is 291 g/mol. The predicted octanol–water partition coefficient (Wildman–Crippen LogP) is 1.85. The van der Waals surface area contributed by atoms with Crippen LogP contribution in [0.5, 0.6) is 5.75 Å². The molecule has 2 rings (SSSR count). The number of hydrogen-bond donors (Lipinski definition) is 0. The van der Waals surface area contributed by atoms with Crippen molar-refractivity contribution in [3.63, 3.8) is 0 Å². The van der Waals surface area contributed by atoms with Crippen LogP contribution in [0, 0.1) is 13.8 Å². The highest BCUT2D eigenvalue weighted by Crippen LogP contribution is 2.23. The largest absolute Gasteiger partial charge is 0.483 e. The number of esters is 1. The Bertz CT molecular complexity index is 521. The van der Waals surface area contributed by atoms with Crippen LogP contribution in [-0.4, -0.2) is 43.1 Å². The van der Waals surface area contributed by atoms with Gasteiger partial charge in [0.2, 0.25) is 0 Å². The molecule has 1 aromatic carbocycles. The third-order valence-electron chi connectivity index (χ3n) is 3.80. The lowest BCUT2D eigenvalue weighted by atomic mass is 10.1. The fourth-order valence-electron chi connectivity index (χ4n) is 2.69. The first-order chi connectivity index (χ1) is 10.0. The van der Waals surface area contributed by atoms with Gasteiger partial charge in [0.15, 0.2) is 6.61 Å². The predicted molar refractivity (Wildman–Crippen MR) is 78.2 cm³/mol. The van der Waals surface area contributed by atoms with E-state index in [1.54, 1.807) is 4.90 Å². The van der Waals surface area contributed by atoms with Crippen LogP contribution in [0.2, 0.25) is 0 Å². The minimum absolute atomic E-state index is 0.0564. The Kier molecular flexibility index (Phi) is 4.83. The van der Waals surface area contributed by atoms with Crippen molar-refractivity contribution in [2.45, 2.75) is 32.7 Å². The second-order valence-corrected chi connectivity index (χ2v) is 5.28. The molecule has 0 aliphatic carbocycles. The van der Waals surface area contributed by atoms with Crippen LogP contribution >= 0.6 is 0 Å². The standard InChI is InChI=1S/C16H21NO4/c1-11-6-4-7-12(2)15(11)21-10-14(18)17-9-5-8-13(17)16(19)20-3/h4,6-7,13H,5,8-10H2,1-3H3. The van der Waals surface area contributed by atoms with Crippen molar-refractivity contribution in [3.05, 3.63) is 29.3 Å². The van der Waals surface area contributed by atoms with E-state index in [-0.39, 0.29) is 18.5 Å². The molecule has 5 heteroatoms. The van der Waals surface area contributed by atoms with Crippen molar-refractivity contribution < 1.29 is 19.1 Å². The SMILES string of the molecule is COC(=O)C1CCCN1C(=O)COc1c(C)cccc1C. The minimum atomic E-state index is -0.468. The van der Waals surface area contributed by atoms with Gasteiger partial charge in [0.25, 0.3) is 5.91 Å². The molecule has 5 nitrogen and oxygen atoms in total. The summed E-state index contributed by atoms with van der Waals surface area (Å²) in [6, 6.07) is 5.37. The number of benzene rings is 1. The Morgan fingerprint density at radius 2 is 1.95 bits per heavy atom. The molecule has 1 aromatic rings. The summed E-state index contributed by atoms with van der Waals surface area (Å²) < 4.78 is 10.4. The van der Waals surface area contributed by atoms with E-state index in [4.69, 9.17) is 9.47 Å². The summed E-state index contributed by atoms with van der Waals surface area (Å²) in [6.07, 6.45) is 1.47. The van der Waals surface area contributed by atoms with Crippen molar-refractivity contribution in [2.24, 2.45) is 0 Å². The number of likely N-dealkylation sites (tertiary alicyclic amines) is 1. The second-order valence-electron chi connectivity index (χ2n) is 5.28. The summed E-state index contributed by atoms with van der Waals surface area (Å²) >= 11 is 0. The second kappa shape index (κ2) is 6.61. The number of ether oxygens (including phenoxy) is 2. The molecular weight excluding hydrogens is 270 g/mol. The van der Waals surface area contributed by atoms with Gasteiger partial charge in [-0.1, -0.05) is 18.2 Å². The number of para-hydroxylation sites is 1. The summed E-state index contributed by atoms with van der Waals surface area (Å²) in [6.45, 7) is 4.41. The van der Waals surface area contributed by atoms with Crippen LogP contribution in [0.25, 0.3) is 0 Å². The molecule has 0 bridgehead atoms. The molecular formula is C16H21NO4. The minimum Gasteiger partial charge on any atom is -0.483 e. The van der Waals surface area contributed by atoms with E-state index >= 15 is 0 Å². The lowest BCUT2D eigenvalue weighted by Crippen LogP contribution is -2.43. The van der Waals surface area contributed by atoms with Gasteiger partial charge in [0, 0.05) is 6.54 Å². The lowest BCUT2D eigenvalue weighted by molar-refractivity contribution is -0.151. The van der Waals surface area contributed by atoms with Gasteiger partial charge in [-0.05, 0) is 37.8 Å². The first kappa shape index (κ1) is 15.4.